The Morgan fingerprint density at radius 1 is 1.36 bits per heavy atom. The van der Waals surface area contributed by atoms with Gasteiger partial charge in [0.2, 0.25) is 0 Å². The fourth-order valence-corrected chi connectivity index (χ4v) is 1.45. The molecule has 2 rings (SSSR count). The Labute approximate surface area is 80.0 Å². The van der Waals surface area contributed by atoms with E-state index in [0.29, 0.717) is 5.52 Å². The molecule has 0 aliphatic heterocycles. The lowest BCUT2D eigenvalue weighted by Gasteiger charge is -1.98. The van der Waals surface area contributed by atoms with Gasteiger partial charge in [-0.25, -0.2) is 4.79 Å². The molecule has 0 saturated heterocycles. The van der Waals surface area contributed by atoms with Crippen molar-refractivity contribution in [1.29, 1.82) is 0 Å². The fraction of sp³-hybridized carbons (Fsp3) is 0.100. The molecule has 4 heteroatoms. The Morgan fingerprint density at radius 3 is 2.71 bits per heavy atom. The van der Waals surface area contributed by atoms with E-state index in [0.717, 1.165) is 5.39 Å². The molecule has 0 fully saturated rings. The van der Waals surface area contributed by atoms with E-state index >= 15 is 0 Å². The molecule has 0 bridgehead atoms. The van der Waals surface area contributed by atoms with Crippen molar-refractivity contribution in [2.24, 2.45) is 7.05 Å². The van der Waals surface area contributed by atoms with Gasteiger partial charge in [0.1, 0.15) is 0 Å². The number of carboxylic acids is 1. The molecule has 0 spiro atoms. The molecule has 0 unspecified atom stereocenters. The van der Waals surface area contributed by atoms with Gasteiger partial charge in [0.05, 0.1) is 11.1 Å². The number of hydrogen-bond donors (Lipinski definition) is 2. The van der Waals surface area contributed by atoms with Crippen molar-refractivity contribution in [3.05, 3.63) is 29.8 Å². The highest BCUT2D eigenvalue weighted by Gasteiger charge is 2.08. The third-order valence-electron chi connectivity index (χ3n) is 2.27. The molecular weight excluding hydrogens is 182 g/mol. The van der Waals surface area contributed by atoms with Crippen LogP contribution in [0.5, 0.6) is 5.88 Å². The Balaban J connectivity index is 2.76. The number of aromatic carboxylic acids is 1. The molecular formula is C10H9NO3. The Hall–Kier alpha value is -1.97. The Kier molecular flexibility index (Phi) is 1.70. The smallest absolute Gasteiger partial charge is 0.335 e. The monoisotopic (exact) mass is 191 g/mol. The molecule has 4 nitrogen and oxygen atoms in total. The van der Waals surface area contributed by atoms with Gasteiger partial charge in [-0.2, -0.15) is 0 Å². The minimum absolute atomic E-state index is 0.127. The second-order valence-electron chi connectivity index (χ2n) is 3.14. The summed E-state index contributed by atoms with van der Waals surface area (Å²) in [7, 11) is 1.68. The van der Waals surface area contributed by atoms with Crippen LogP contribution in [0.3, 0.4) is 0 Å². The quantitative estimate of drug-likeness (QED) is 0.719. The average molecular weight is 191 g/mol. The summed E-state index contributed by atoms with van der Waals surface area (Å²) in [6.45, 7) is 0. The van der Waals surface area contributed by atoms with E-state index in [2.05, 4.69) is 0 Å². The van der Waals surface area contributed by atoms with Gasteiger partial charge in [-0.1, -0.05) is 6.07 Å². The number of benzene rings is 1. The highest BCUT2D eigenvalue weighted by Crippen LogP contribution is 2.23. The molecule has 0 amide bonds. The van der Waals surface area contributed by atoms with Gasteiger partial charge in [0.15, 0.2) is 5.88 Å². The van der Waals surface area contributed by atoms with E-state index in [1.165, 1.54) is 12.1 Å². The van der Waals surface area contributed by atoms with Crippen LogP contribution in [0.15, 0.2) is 24.3 Å². The summed E-state index contributed by atoms with van der Waals surface area (Å²) in [4.78, 5) is 10.7. The average Bonchev–Trinajstić information content (AvgIpc) is 2.43. The molecule has 1 aromatic carbocycles. The van der Waals surface area contributed by atoms with Crippen LogP contribution in [0.25, 0.3) is 10.9 Å². The normalized spacial score (nSPS) is 10.6. The number of aryl methyl sites for hydroxylation is 1. The predicted octanol–water partition coefficient (Wildman–Crippen LogP) is 1.58. The first kappa shape index (κ1) is 8.62. The van der Waals surface area contributed by atoms with E-state index in [1.54, 1.807) is 23.7 Å². The maximum atomic E-state index is 10.7. The summed E-state index contributed by atoms with van der Waals surface area (Å²) < 4.78 is 1.54. The summed E-state index contributed by atoms with van der Waals surface area (Å²) in [5.41, 5.74) is 0.932. The number of fused-ring (bicyclic) bond motifs is 1. The van der Waals surface area contributed by atoms with Gasteiger partial charge in [-0.15, -0.1) is 0 Å². The summed E-state index contributed by atoms with van der Waals surface area (Å²) in [6, 6.07) is 6.33. The van der Waals surface area contributed by atoms with Crippen molar-refractivity contribution in [2.75, 3.05) is 0 Å². The van der Waals surface area contributed by atoms with Gasteiger partial charge in [0, 0.05) is 18.5 Å². The molecule has 72 valence electrons. The first-order chi connectivity index (χ1) is 6.59. The first-order valence-electron chi connectivity index (χ1n) is 4.11. The number of aromatic hydroxyl groups is 1. The molecule has 1 aromatic heterocycles. The standard InChI is InChI=1S/C10H9NO3/c1-11-8-4-7(10(13)14)3-2-6(8)5-9(11)12/h2-5,12H,1H3,(H,13,14). The largest absolute Gasteiger partial charge is 0.494 e. The lowest BCUT2D eigenvalue weighted by Crippen LogP contribution is -1.96. The van der Waals surface area contributed by atoms with Crippen molar-refractivity contribution < 1.29 is 15.0 Å². The van der Waals surface area contributed by atoms with E-state index in [9.17, 15) is 9.90 Å². The van der Waals surface area contributed by atoms with Crippen molar-refractivity contribution in [3.63, 3.8) is 0 Å². The Bertz CT molecular complexity index is 513. The van der Waals surface area contributed by atoms with Crippen LogP contribution in [0.4, 0.5) is 0 Å². The lowest BCUT2D eigenvalue weighted by atomic mass is 10.2. The van der Waals surface area contributed by atoms with Crippen molar-refractivity contribution in [3.8, 4) is 5.88 Å². The molecule has 0 atom stereocenters. The molecule has 0 radical (unpaired) electrons. The molecule has 2 N–H and O–H groups in total. The summed E-state index contributed by atoms with van der Waals surface area (Å²) >= 11 is 0. The fourth-order valence-electron chi connectivity index (χ4n) is 1.45. The van der Waals surface area contributed by atoms with Gasteiger partial charge in [-0.05, 0) is 12.1 Å². The number of nitrogens with zero attached hydrogens (tertiary/aromatic N) is 1. The number of carboxylic acid groups (broad SMARTS) is 1. The molecule has 1 heterocycles. The van der Waals surface area contributed by atoms with Crippen molar-refractivity contribution in [2.45, 2.75) is 0 Å². The minimum Gasteiger partial charge on any atom is -0.494 e. The number of rotatable bonds is 1. The van der Waals surface area contributed by atoms with E-state index in [4.69, 9.17) is 5.11 Å². The molecule has 0 saturated carbocycles. The maximum Gasteiger partial charge on any atom is 0.335 e. The van der Waals surface area contributed by atoms with E-state index < -0.39 is 5.97 Å². The van der Waals surface area contributed by atoms with E-state index in [1.807, 2.05) is 0 Å². The molecule has 0 aliphatic rings. The summed E-state index contributed by atoms with van der Waals surface area (Å²) in [5.74, 6) is -0.838. The third kappa shape index (κ3) is 1.12. The van der Waals surface area contributed by atoms with Crippen LogP contribution in [0.2, 0.25) is 0 Å². The molecule has 14 heavy (non-hydrogen) atoms. The zero-order valence-corrected chi connectivity index (χ0v) is 7.56. The van der Waals surface area contributed by atoms with Gasteiger partial charge in [-0.3, -0.25) is 0 Å². The molecule has 0 aliphatic carbocycles. The highest BCUT2D eigenvalue weighted by molar-refractivity contribution is 5.94. The van der Waals surface area contributed by atoms with Gasteiger partial charge < -0.3 is 14.8 Å². The predicted molar refractivity (Wildman–Crippen MR) is 51.5 cm³/mol. The van der Waals surface area contributed by atoms with Crippen molar-refractivity contribution in [1.82, 2.24) is 4.57 Å². The maximum absolute atomic E-state index is 10.7. The SMILES string of the molecule is Cn1c(O)cc2ccc(C(=O)O)cc21. The van der Waals surface area contributed by atoms with Gasteiger partial charge in [0.25, 0.3) is 0 Å². The third-order valence-corrected chi connectivity index (χ3v) is 2.27. The van der Waals surface area contributed by atoms with Gasteiger partial charge >= 0.3 is 5.97 Å². The van der Waals surface area contributed by atoms with Crippen LogP contribution in [0.1, 0.15) is 10.4 Å². The zero-order chi connectivity index (χ0) is 10.3. The van der Waals surface area contributed by atoms with Crippen LogP contribution < -0.4 is 0 Å². The van der Waals surface area contributed by atoms with Crippen LogP contribution in [-0.2, 0) is 7.05 Å². The topological polar surface area (TPSA) is 62.5 Å². The highest BCUT2D eigenvalue weighted by atomic mass is 16.4. The zero-order valence-electron chi connectivity index (χ0n) is 7.56. The molecule has 2 aromatic rings. The number of aromatic nitrogens is 1. The number of hydrogen-bond acceptors (Lipinski definition) is 2. The number of carbonyl (C=O) groups is 1. The summed E-state index contributed by atoms with van der Waals surface area (Å²) in [5, 5.41) is 19.0. The Morgan fingerprint density at radius 2 is 2.07 bits per heavy atom. The van der Waals surface area contributed by atoms with Crippen LogP contribution in [-0.4, -0.2) is 20.7 Å². The summed E-state index contributed by atoms with van der Waals surface area (Å²) in [6.07, 6.45) is 0. The lowest BCUT2D eigenvalue weighted by molar-refractivity contribution is 0.0697. The minimum atomic E-state index is -0.965. The second-order valence-corrected chi connectivity index (χ2v) is 3.14. The van der Waals surface area contributed by atoms with Crippen LogP contribution in [0, 0.1) is 0 Å². The van der Waals surface area contributed by atoms with E-state index in [-0.39, 0.29) is 11.4 Å². The van der Waals surface area contributed by atoms with Crippen molar-refractivity contribution >= 4 is 16.9 Å². The van der Waals surface area contributed by atoms with Crippen LogP contribution >= 0.6 is 0 Å². The second kappa shape index (κ2) is 2.77. The first-order valence-corrected chi connectivity index (χ1v) is 4.11.